The summed E-state index contributed by atoms with van der Waals surface area (Å²) in [7, 11) is 0. The monoisotopic (exact) mass is 342 g/mol. The van der Waals surface area contributed by atoms with Crippen LogP contribution in [0.3, 0.4) is 0 Å². The minimum absolute atomic E-state index is 0.302. The van der Waals surface area contributed by atoms with E-state index in [1.54, 1.807) is 12.1 Å². The smallest absolute Gasteiger partial charge is 0.315 e. The van der Waals surface area contributed by atoms with E-state index in [0.29, 0.717) is 5.69 Å². The quantitative estimate of drug-likeness (QED) is 0.732. The highest BCUT2D eigenvalue weighted by atomic mass is 16.2. The molecule has 0 aliphatic carbocycles. The van der Waals surface area contributed by atoms with Gasteiger partial charge in [-0.05, 0) is 30.2 Å². The topological polar surface area (TPSA) is 49.4 Å². The van der Waals surface area contributed by atoms with E-state index in [4.69, 9.17) is 0 Å². The van der Waals surface area contributed by atoms with Crippen LogP contribution in [-0.4, -0.2) is 11.9 Å². The maximum Gasteiger partial charge on any atom is 0.330 e. The summed E-state index contributed by atoms with van der Waals surface area (Å²) in [6.45, 7) is 1.99. The second-order valence-corrected chi connectivity index (χ2v) is 6.39. The van der Waals surface area contributed by atoms with E-state index in [2.05, 4.69) is 5.32 Å². The zero-order valence-electron chi connectivity index (χ0n) is 14.3. The third-order valence-corrected chi connectivity index (χ3v) is 4.73. The lowest BCUT2D eigenvalue weighted by molar-refractivity contribution is -0.121. The molecule has 0 unspecified atom stereocenters. The molecule has 1 heterocycles. The van der Waals surface area contributed by atoms with E-state index in [9.17, 15) is 9.59 Å². The van der Waals surface area contributed by atoms with Crippen molar-refractivity contribution in [3.05, 3.63) is 102 Å². The number of aryl methyl sites for hydroxylation is 1. The van der Waals surface area contributed by atoms with E-state index in [1.807, 2.05) is 79.7 Å². The summed E-state index contributed by atoms with van der Waals surface area (Å²) in [6, 6.07) is 25.6. The standard InChI is InChI=1S/C22H18N2O2/c1-16-12-14-18(15-13-16)22(17-8-4-2-5-9-17)20(25)24(21(26)23-22)19-10-6-3-7-11-19/h2-15H,1H3,(H,23,26)/t22-/m1/s1. The highest BCUT2D eigenvalue weighted by Crippen LogP contribution is 2.38. The second-order valence-electron chi connectivity index (χ2n) is 6.39. The van der Waals surface area contributed by atoms with E-state index >= 15 is 0 Å². The second kappa shape index (κ2) is 6.15. The number of amides is 3. The first-order valence-corrected chi connectivity index (χ1v) is 8.47. The molecule has 0 spiro atoms. The third-order valence-electron chi connectivity index (χ3n) is 4.73. The summed E-state index contributed by atoms with van der Waals surface area (Å²) < 4.78 is 0. The lowest BCUT2D eigenvalue weighted by Gasteiger charge is -2.28. The summed E-state index contributed by atoms with van der Waals surface area (Å²) in [5, 5.41) is 2.96. The molecule has 1 atom stereocenters. The van der Waals surface area contributed by atoms with E-state index < -0.39 is 11.6 Å². The first kappa shape index (κ1) is 16.1. The van der Waals surface area contributed by atoms with Gasteiger partial charge in [-0.15, -0.1) is 0 Å². The molecule has 26 heavy (non-hydrogen) atoms. The van der Waals surface area contributed by atoms with Crippen molar-refractivity contribution < 1.29 is 9.59 Å². The largest absolute Gasteiger partial charge is 0.330 e. The van der Waals surface area contributed by atoms with Crippen LogP contribution < -0.4 is 10.2 Å². The lowest BCUT2D eigenvalue weighted by atomic mass is 9.82. The molecule has 0 saturated carbocycles. The van der Waals surface area contributed by atoms with Crippen LogP contribution in [-0.2, 0) is 10.3 Å². The van der Waals surface area contributed by atoms with Gasteiger partial charge in [-0.2, -0.15) is 0 Å². The number of hydrogen-bond acceptors (Lipinski definition) is 2. The zero-order chi connectivity index (χ0) is 18.1. The first-order chi connectivity index (χ1) is 12.6. The van der Waals surface area contributed by atoms with Crippen molar-refractivity contribution in [3.63, 3.8) is 0 Å². The molecule has 1 aliphatic rings. The number of nitrogens with one attached hydrogen (secondary N) is 1. The van der Waals surface area contributed by atoms with Gasteiger partial charge in [-0.1, -0.05) is 78.4 Å². The van der Waals surface area contributed by atoms with Crippen molar-refractivity contribution in [1.82, 2.24) is 5.32 Å². The van der Waals surface area contributed by atoms with Crippen molar-refractivity contribution in [1.29, 1.82) is 0 Å². The number of para-hydroxylation sites is 1. The van der Waals surface area contributed by atoms with Crippen molar-refractivity contribution in [3.8, 4) is 0 Å². The van der Waals surface area contributed by atoms with Crippen molar-refractivity contribution >= 4 is 17.6 Å². The van der Waals surface area contributed by atoms with Crippen LogP contribution in [0, 0.1) is 6.92 Å². The normalized spacial score (nSPS) is 19.5. The summed E-state index contributed by atoms with van der Waals surface area (Å²) in [6.07, 6.45) is 0. The SMILES string of the molecule is Cc1ccc([C@@]2(c3ccccc3)NC(=O)N(c3ccccc3)C2=O)cc1. The predicted octanol–water partition coefficient (Wildman–Crippen LogP) is 4.00. The maximum atomic E-state index is 13.6. The average molecular weight is 342 g/mol. The third kappa shape index (κ3) is 2.39. The van der Waals surface area contributed by atoms with E-state index in [-0.39, 0.29) is 5.91 Å². The number of imide groups is 1. The number of benzene rings is 3. The molecule has 1 N–H and O–H groups in total. The maximum absolute atomic E-state index is 13.6. The van der Waals surface area contributed by atoms with Crippen LogP contribution in [0.5, 0.6) is 0 Å². The van der Waals surface area contributed by atoms with Gasteiger partial charge in [-0.25, -0.2) is 9.69 Å². The fourth-order valence-corrected chi connectivity index (χ4v) is 3.39. The van der Waals surface area contributed by atoms with Crippen molar-refractivity contribution in [2.24, 2.45) is 0 Å². The zero-order valence-corrected chi connectivity index (χ0v) is 14.3. The number of hydrogen-bond donors (Lipinski definition) is 1. The molecule has 128 valence electrons. The van der Waals surface area contributed by atoms with Gasteiger partial charge in [0.15, 0.2) is 5.54 Å². The molecule has 1 saturated heterocycles. The first-order valence-electron chi connectivity index (χ1n) is 8.47. The summed E-state index contributed by atoms with van der Waals surface area (Å²) in [4.78, 5) is 27.6. The Morgan fingerprint density at radius 3 is 1.88 bits per heavy atom. The molecule has 0 radical (unpaired) electrons. The molecule has 0 aromatic heterocycles. The molecular weight excluding hydrogens is 324 g/mol. The van der Waals surface area contributed by atoms with Gasteiger partial charge in [0.05, 0.1) is 5.69 Å². The summed E-state index contributed by atoms with van der Waals surface area (Å²) in [5.74, 6) is -0.302. The molecule has 4 rings (SSSR count). The highest BCUT2D eigenvalue weighted by Gasteiger charge is 2.54. The summed E-state index contributed by atoms with van der Waals surface area (Å²) in [5.41, 5.74) is 1.89. The molecule has 3 amide bonds. The van der Waals surface area contributed by atoms with Gasteiger partial charge in [0.25, 0.3) is 5.91 Å². The predicted molar refractivity (Wildman–Crippen MR) is 101 cm³/mol. The minimum atomic E-state index is -1.23. The van der Waals surface area contributed by atoms with Crippen LogP contribution in [0.4, 0.5) is 10.5 Å². The average Bonchev–Trinajstić information content (AvgIpc) is 2.95. The van der Waals surface area contributed by atoms with Gasteiger partial charge < -0.3 is 5.32 Å². The van der Waals surface area contributed by atoms with Crippen LogP contribution in [0.15, 0.2) is 84.9 Å². The van der Waals surface area contributed by atoms with Gasteiger partial charge in [0.2, 0.25) is 0 Å². The Balaban J connectivity index is 1.91. The Hall–Kier alpha value is -3.40. The van der Waals surface area contributed by atoms with E-state index in [0.717, 1.165) is 16.7 Å². The molecule has 1 fully saturated rings. The van der Waals surface area contributed by atoms with Crippen LogP contribution in [0.1, 0.15) is 16.7 Å². The number of urea groups is 1. The molecule has 4 nitrogen and oxygen atoms in total. The number of carbonyl (C=O) groups excluding carboxylic acids is 2. The van der Waals surface area contributed by atoms with E-state index in [1.165, 1.54) is 4.90 Å². The van der Waals surface area contributed by atoms with Gasteiger partial charge in [-0.3, -0.25) is 4.79 Å². The Kier molecular flexibility index (Phi) is 3.81. The minimum Gasteiger partial charge on any atom is -0.315 e. The molecule has 3 aromatic rings. The number of anilines is 1. The molecule has 4 heteroatoms. The van der Waals surface area contributed by atoms with Crippen molar-refractivity contribution in [2.45, 2.75) is 12.5 Å². The molecule has 1 aliphatic heterocycles. The Morgan fingerprint density at radius 2 is 1.27 bits per heavy atom. The fourth-order valence-electron chi connectivity index (χ4n) is 3.39. The Labute approximate surface area is 152 Å². The number of rotatable bonds is 3. The fraction of sp³-hybridized carbons (Fsp3) is 0.0909. The molecule has 0 bridgehead atoms. The molecular formula is C22H18N2O2. The Bertz CT molecular complexity index is 952. The number of carbonyl (C=O) groups is 2. The summed E-state index contributed by atoms with van der Waals surface area (Å²) >= 11 is 0. The van der Waals surface area contributed by atoms with Crippen molar-refractivity contribution in [2.75, 3.05) is 4.90 Å². The lowest BCUT2D eigenvalue weighted by Crippen LogP contribution is -2.45. The van der Waals surface area contributed by atoms with Crippen LogP contribution in [0.2, 0.25) is 0 Å². The number of nitrogens with zero attached hydrogens (tertiary/aromatic N) is 1. The van der Waals surface area contributed by atoms with Gasteiger partial charge >= 0.3 is 6.03 Å². The Morgan fingerprint density at radius 1 is 0.731 bits per heavy atom. The van der Waals surface area contributed by atoms with Crippen LogP contribution >= 0.6 is 0 Å². The van der Waals surface area contributed by atoms with Gasteiger partial charge in [0.1, 0.15) is 0 Å². The molecule has 3 aromatic carbocycles. The van der Waals surface area contributed by atoms with Gasteiger partial charge in [0, 0.05) is 0 Å². The highest BCUT2D eigenvalue weighted by molar-refractivity contribution is 6.24. The van der Waals surface area contributed by atoms with Crippen LogP contribution in [0.25, 0.3) is 0 Å².